The van der Waals surface area contributed by atoms with Gasteiger partial charge in [-0.05, 0) is 85.6 Å². The number of hydrogen-bond donors (Lipinski definition) is 0. The molecule has 49 heavy (non-hydrogen) atoms. The van der Waals surface area contributed by atoms with Crippen molar-refractivity contribution < 1.29 is 9.15 Å². The van der Waals surface area contributed by atoms with Crippen LogP contribution in [0, 0.1) is 0 Å². The van der Waals surface area contributed by atoms with Gasteiger partial charge >= 0.3 is 0 Å². The summed E-state index contributed by atoms with van der Waals surface area (Å²) in [7, 11) is 0. The molecule has 0 radical (unpaired) electrons. The summed E-state index contributed by atoms with van der Waals surface area (Å²) in [5.74, 6) is 1.78. The first-order valence-electron chi connectivity index (χ1n) is 16.8. The highest BCUT2D eigenvalue weighted by atomic mass is 16.5. The van der Waals surface area contributed by atoms with Gasteiger partial charge in [0.1, 0.15) is 22.7 Å². The highest BCUT2D eigenvalue weighted by molar-refractivity contribution is 6.16. The Morgan fingerprint density at radius 1 is 0.367 bits per heavy atom. The molecule has 0 bridgehead atoms. The predicted octanol–water partition coefficient (Wildman–Crippen LogP) is 12.5. The first-order valence-corrected chi connectivity index (χ1v) is 16.8. The predicted molar refractivity (Wildman–Crippen MR) is 199 cm³/mol. The second-order valence-electron chi connectivity index (χ2n) is 13.2. The van der Waals surface area contributed by atoms with Crippen LogP contribution in [-0.4, -0.2) is 0 Å². The van der Waals surface area contributed by atoms with Crippen LogP contribution < -0.4 is 4.74 Å². The van der Waals surface area contributed by atoms with Gasteiger partial charge in [0.25, 0.3) is 0 Å². The number of rotatable bonds is 2. The summed E-state index contributed by atoms with van der Waals surface area (Å²) in [6, 6.07) is 61.1. The van der Waals surface area contributed by atoms with Crippen LogP contribution in [0.1, 0.15) is 22.3 Å². The molecule has 2 heterocycles. The normalized spacial score (nSPS) is 13.6. The number of ether oxygens (including phenoxy) is 1. The van der Waals surface area contributed by atoms with Crippen molar-refractivity contribution in [3.05, 3.63) is 192 Å². The number of hydrogen-bond acceptors (Lipinski definition) is 2. The molecule has 0 atom stereocenters. The number of benzene rings is 8. The molecule has 1 spiro atoms. The molecule has 8 aromatic carbocycles. The lowest BCUT2D eigenvalue weighted by molar-refractivity contribution is 0.436. The molecule has 0 fully saturated rings. The maximum atomic E-state index is 6.84. The SMILES string of the molecule is c1ccc2c(c1)Oc1cc(-c3ccccc3-c3cccc4oc5cc6ccccc6cc5c34)ccc1C21c2ccccc2-c2ccccc21. The van der Waals surface area contributed by atoms with Crippen molar-refractivity contribution in [1.29, 1.82) is 0 Å². The Labute approximate surface area is 283 Å². The minimum absolute atomic E-state index is 0.473. The zero-order valence-electron chi connectivity index (χ0n) is 26.5. The Morgan fingerprint density at radius 2 is 0.959 bits per heavy atom. The van der Waals surface area contributed by atoms with Gasteiger partial charge in [0.2, 0.25) is 0 Å². The second-order valence-corrected chi connectivity index (χ2v) is 13.2. The van der Waals surface area contributed by atoms with Gasteiger partial charge in [-0.25, -0.2) is 0 Å². The van der Waals surface area contributed by atoms with E-state index in [0.717, 1.165) is 55.7 Å². The van der Waals surface area contributed by atoms with Crippen LogP contribution in [-0.2, 0) is 5.41 Å². The molecular formula is C47H28O2. The maximum Gasteiger partial charge on any atom is 0.136 e. The number of para-hydroxylation sites is 1. The van der Waals surface area contributed by atoms with Crippen LogP contribution in [0.3, 0.4) is 0 Å². The minimum atomic E-state index is -0.473. The summed E-state index contributed by atoms with van der Waals surface area (Å²) in [6.07, 6.45) is 0. The molecule has 1 aliphatic carbocycles. The largest absolute Gasteiger partial charge is 0.457 e. The maximum absolute atomic E-state index is 6.84. The Kier molecular flexibility index (Phi) is 5.34. The molecule has 0 unspecified atom stereocenters. The van der Waals surface area contributed by atoms with Crippen LogP contribution in [0.4, 0.5) is 0 Å². The lowest BCUT2D eigenvalue weighted by Gasteiger charge is -2.39. The first kappa shape index (κ1) is 26.7. The Bertz CT molecular complexity index is 2770. The van der Waals surface area contributed by atoms with E-state index in [2.05, 4.69) is 170 Å². The summed E-state index contributed by atoms with van der Waals surface area (Å²) in [5, 5.41) is 4.65. The van der Waals surface area contributed by atoms with E-state index in [-0.39, 0.29) is 0 Å². The van der Waals surface area contributed by atoms with Gasteiger partial charge in [0, 0.05) is 21.9 Å². The van der Waals surface area contributed by atoms with E-state index in [1.54, 1.807) is 0 Å². The van der Waals surface area contributed by atoms with Gasteiger partial charge < -0.3 is 9.15 Å². The van der Waals surface area contributed by atoms with Gasteiger partial charge in [-0.2, -0.15) is 0 Å². The molecule has 2 nitrogen and oxygen atoms in total. The highest BCUT2D eigenvalue weighted by Gasteiger charge is 2.50. The Balaban J connectivity index is 1.14. The molecule has 1 aromatic heterocycles. The van der Waals surface area contributed by atoms with Crippen molar-refractivity contribution in [1.82, 2.24) is 0 Å². The Morgan fingerprint density at radius 3 is 1.73 bits per heavy atom. The second kappa shape index (κ2) is 9.82. The highest BCUT2D eigenvalue weighted by Crippen LogP contribution is 2.62. The van der Waals surface area contributed by atoms with Gasteiger partial charge in [-0.3, -0.25) is 0 Å². The van der Waals surface area contributed by atoms with E-state index in [1.807, 2.05) is 0 Å². The zero-order valence-corrected chi connectivity index (χ0v) is 26.5. The van der Waals surface area contributed by atoms with E-state index in [0.29, 0.717) is 0 Å². The fraction of sp³-hybridized carbons (Fsp3) is 0.0213. The van der Waals surface area contributed by atoms with Gasteiger partial charge in [0.15, 0.2) is 0 Å². The molecule has 0 amide bonds. The molecule has 2 aliphatic rings. The quantitative estimate of drug-likeness (QED) is 0.191. The van der Waals surface area contributed by atoms with Crippen molar-refractivity contribution in [3.63, 3.8) is 0 Å². The summed E-state index contributed by atoms with van der Waals surface area (Å²) in [4.78, 5) is 0. The lowest BCUT2D eigenvalue weighted by atomic mass is 9.66. The van der Waals surface area contributed by atoms with Crippen LogP contribution in [0.25, 0.3) is 66.1 Å². The molecule has 228 valence electrons. The first-order chi connectivity index (χ1) is 24.3. The lowest BCUT2D eigenvalue weighted by Crippen LogP contribution is -2.32. The molecule has 2 heteroatoms. The third-order valence-electron chi connectivity index (χ3n) is 10.7. The van der Waals surface area contributed by atoms with E-state index in [1.165, 1.54) is 44.2 Å². The average Bonchev–Trinajstić information content (AvgIpc) is 3.67. The summed E-state index contributed by atoms with van der Waals surface area (Å²) in [6.45, 7) is 0. The topological polar surface area (TPSA) is 22.4 Å². The Hall–Kier alpha value is -6.38. The molecule has 0 saturated carbocycles. The smallest absolute Gasteiger partial charge is 0.136 e. The zero-order chi connectivity index (χ0) is 32.1. The fourth-order valence-corrected chi connectivity index (χ4v) is 8.73. The number of fused-ring (bicyclic) bond motifs is 13. The molecular weight excluding hydrogens is 597 g/mol. The van der Waals surface area contributed by atoms with Crippen molar-refractivity contribution in [2.75, 3.05) is 0 Å². The van der Waals surface area contributed by atoms with Crippen molar-refractivity contribution in [3.8, 4) is 44.9 Å². The van der Waals surface area contributed by atoms with Crippen molar-refractivity contribution in [2.24, 2.45) is 0 Å². The van der Waals surface area contributed by atoms with Crippen LogP contribution in [0.15, 0.2) is 174 Å². The summed E-state index contributed by atoms with van der Waals surface area (Å²) < 4.78 is 13.3. The minimum Gasteiger partial charge on any atom is -0.457 e. The standard InChI is InChI=1S/C47H28O2/c1-2-13-30-27-44-37(26-29(30)12-1)46-36(18-11-23-43(46)49-44)33-15-4-3-14-32(33)31-24-25-41-45(28-31)48-42-22-10-9-21-40(42)47(41)38-19-7-5-16-34(38)35-17-6-8-20-39(35)47/h1-28H. The van der Waals surface area contributed by atoms with E-state index >= 15 is 0 Å². The summed E-state index contributed by atoms with van der Waals surface area (Å²) in [5.41, 5.74) is 13.4. The van der Waals surface area contributed by atoms with Gasteiger partial charge in [-0.15, -0.1) is 0 Å². The van der Waals surface area contributed by atoms with E-state index < -0.39 is 5.41 Å². The van der Waals surface area contributed by atoms with Gasteiger partial charge in [-0.1, -0.05) is 140 Å². The summed E-state index contributed by atoms with van der Waals surface area (Å²) >= 11 is 0. The molecule has 9 aromatic rings. The molecule has 11 rings (SSSR count). The van der Waals surface area contributed by atoms with Crippen LogP contribution >= 0.6 is 0 Å². The van der Waals surface area contributed by atoms with E-state index in [4.69, 9.17) is 9.15 Å². The molecule has 1 aliphatic heterocycles. The van der Waals surface area contributed by atoms with Crippen LogP contribution in [0.2, 0.25) is 0 Å². The fourth-order valence-electron chi connectivity index (χ4n) is 8.73. The number of furan rings is 1. The monoisotopic (exact) mass is 624 g/mol. The van der Waals surface area contributed by atoms with E-state index in [9.17, 15) is 0 Å². The third-order valence-corrected chi connectivity index (χ3v) is 10.7. The van der Waals surface area contributed by atoms with Gasteiger partial charge in [0.05, 0.1) is 5.41 Å². The van der Waals surface area contributed by atoms with Crippen molar-refractivity contribution >= 4 is 32.7 Å². The van der Waals surface area contributed by atoms with Crippen LogP contribution in [0.5, 0.6) is 11.5 Å². The third kappa shape index (κ3) is 3.55. The molecule has 0 N–H and O–H groups in total. The van der Waals surface area contributed by atoms with Crippen molar-refractivity contribution in [2.45, 2.75) is 5.41 Å². The molecule has 0 saturated heterocycles. The average molecular weight is 625 g/mol.